The van der Waals surface area contributed by atoms with E-state index in [1.165, 1.54) is 6.92 Å². The zero-order chi connectivity index (χ0) is 17.8. The van der Waals surface area contributed by atoms with Gasteiger partial charge in [0.2, 0.25) is 0 Å². The lowest BCUT2D eigenvalue weighted by Crippen LogP contribution is -2.63. The van der Waals surface area contributed by atoms with Crippen molar-refractivity contribution >= 4 is 5.97 Å². The number of rotatable bonds is 5. The van der Waals surface area contributed by atoms with E-state index in [2.05, 4.69) is 6.58 Å². The van der Waals surface area contributed by atoms with Gasteiger partial charge in [-0.25, -0.2) is 0 Å². The Labute approximate surface area is 146 Å². The fraction of sp³-hybridized carbons (Fsp3) is 0.500. The van der Waals surface area contributed by atoms with Gasteiger partial charge in [0.05, 0.1) is 13.2 Å². The number of benzene rings is 1. The van der Waals surface area contributed by atoms with Crippen molar-refractivity contribution < 1.29 is 33.6 Å². The van der Waals surface area contributed by atoms with Gasteiger partial charge in [-0.05, 0) is 0 Å². The first-order valence-electron chi connectivity index (χ1n) is 8.15. The van der Waals surface area contributed by atoms with E-state index in [4.69, 9.17) is 23.7 Å². The number of aliphatic hydroxyl groups is 1. The van der Waals surface area contributed by atoms with Gasteiger partial charge < -0.3 is 28.8 Å². The minimum absolute atomic E-state index is 0.195. The van der Waals surface area contributed by atoms with Crippen LogP contribution in [0.2, 0.25) is 0 Å². The van der Waals surface area contributed by atoms with Gasteiger partial charge in [-0.3, -0.25) is 4.79 Å². The molecule has 25 heavy (non-hydrogen) atoms. The predicted molar refractivity (Wildman–Crippen MR) is 86.4 cm³/mol. The van der Waals surface area contributed by atoms with Crippen LogP contribution in [-0.4, -0.2) is 55.0 Å². The topological polar surface area (TPSA) is 83.5 Å². The zero-order valence-electron chi connectivity index (χ0n) is 13.9. The van der Waals surface area contributed by atoms with E-state index in [0.29, 0.717) is 0 Å². The molecule has 2 aliphatic rings. The van der Waals surface area contributed by atoms with Gasteiger partial charge in [0.15, 0.2) is 18.7 Å². The molecule has 136 valence electrons. The Morgan fingerprint density at radius 2 is 2.12 bits per heavy atom. The molecule has 2 aliphatic heterocycles. The molecule has 2 fully saturated rings. The van der Waals surface area contributed by atoms with Crippen molar-refractivity contribution in [1.29, 1.82) is 0 Å². The number of carbonyl (C=O) groups excluding carboxylic acids is 1. The van der Waals surface area contributed by atoms with Crippen molar-refractivity contribution in [2.45, 2.75) is 43.9 Å². The number of aliphatic hydroxyl groups excluding tert-OH is 1. The summed E-state index contributed by atoms with van der Waals surface area (Å²) in [7, 11) is 0. The lowest BCUT2D eigenvalue weighted by molar-refractivity contribution is -0.360. The molecular weight excluding hydrogens is 328 g/mol. The maximum atomic E-state index is 11.4. The van der Waals surface area contributed by atoms with Crippen LogP contribution in [0, 0.1) is 0 Å². The fourth-order valence-electron chi connectivity index (χ4n) is 2.96. The SMILES string of the molecule is C=CCO[C@H]1O[C@@H]2COC(c3ccccc3)O[C@H]2[C@H](O)[C@H]1OC(C)=O. The van der Waals surface area contributed by atoms with Crippen LogP contribution >= 0.6 is 0 Å². The standard InChI is InChI=1S/C18H22O7/c1-3-9-21-18-16(23-11(2)19)14(20)15-13(24-18)10-22-17(25-15)12-7-5-4-6-8-12/h3-8,13-18,20H,1,9-10H2,2H3/t13-,14+,15-,16-,17?,18+/m1/s1. The number of hydrogen-bond acceptors (Lipinski definition) is 7. The maximum absolute atomic E-state index is 11.4. The Morgan fingerprint density at radius 1 is 1.36 bits per heavy atom. The second-order valence-electron chi connectivity index (χ2n) is 5.91. The van der Waals surface area contributed by atoms with Crippen LogP contribution in [0.1, 0.15) is 18.8 Å². The molecule has 0 bridgehead atoms. The Hall–Kier alpha value is -1.77. The molecule has 0 spiro atoms. The first kappa shape index (κ1) is 18.0. The number of esters is 1. The molecule has 0 radical (unpaired) electrons. The van der Waals surface area contributed by atoms with Crippen molar-refractivity contribution in [3.8, 4) is 0 Å². The third-order valence-corrected chi connectivity index (χ3v) is 4.06. The highest BCUT2D eigenvalue weighted by Gasteiger charge is 2.51. The van der Waals surface area contributed by atoms with E-state index in [9.17, 15) is 9.90 Å². The Morgan fingerprint density at radius 3 is 2.80 bits per heavy atom. The third-order valence-electron chi connectivity index (χ3n) is 4.06. The molecule has 1 aromatic rings. The summed E-state index contributed by atoms with van der Waals surface area (Å²) < 4.78 is 28.1. The van der Waals surface area contributed by atoms with Gasteiger partial charge in [-0.1, -0.05) is 36.4 Å². The van der Waals surface area contributed by atoms with Crippen molar-refractivity contribution in [3.63, 3.8) is 0 Å². The van der Waals surface area contributed by atoms with Gasteiger partial charge >= 0.3 is 5.97 Å². The average molecular weight is 350 g/mol. The molecule has 1 N–H and O–H groups in total. The first-order chi connectivity index (χ1) is 12.1. The fourth-order valence-corrected chi connectivity index (χ4v) is 2.96. The number of hydrogen-bond donors (Lipinski definition) is 1. The molecule has 1 aromatic carbocycles. The summed E-state index contributed by atoms with van der Waals surface area (Å²) in [6.45, 7) is 5.26. The van der Waals surface area contributed by atoms with Crippen LogP contribution < -0.4 is 0 Å². The molecular formula is C18H22O7. The van der Waals surface area contributed by atoms with Crippen LogP contribution in [0.15, 0.2) is 43.0 Å². The number of fused-ring (bicyclic) bond motifs is 1. The lowest BCUT2D eigenvalue weighted by Gasteiger charge is -2.47. The zero-order valence-corrected chi connectivity index (χ0v) is 13.9. The van der Waals surface area contributed by atoms with Gasteiger partial charge in [0.25, 0.3) is 0 Å². The Bertz CT molecular complexity index is 590. The summed E-state index contributed by atoms with van der Waals surface area (Å²) in [5, 5.41) is 10.7. The quantitative estimate of drug-likeness (QED) is 0.633. The summed E-state index contributed by atoms with van der Waals surface area (Å²) in [5.41, 5.74) is 0.835. The normalized spacial score (nSPS) is 34.8. The van der Waals surface area contributed by atoms with Gasteiger partial charge in [0, 0.05) is 12.5 Å². The van der Waals surface area contributed by atoms with E-state index in [-0.39, 0.29) is 13.2 Å². The van der Waals surface area contributed by atoms with Crippen LogP contribution in [0.4, 0.5) is 0 Å². The molecule has 3 rings (SSSR count). The van der Waals surface area contributed by atoms with Gasteiger partial charge in [-0.2, -0.15) is 0 Å². The van der Waals surface area contributed by atoms with Crippen molar-refractivity contribution in [2.75, 3.05) is 13.2 Å². The van der Waals surface area contributed by atoms with Gasteiger partial charge in [-0.15, -0.1) is 6.58 Å². The van der Waals surface area contributed by atoms with Crippen molar-refractivity contribution in [1.82, 2.24) is 0 Å². The number of carbonyl (C=O) groups is 1. The van der Waals surface area contributed by atoms with Gasteiger partial charge in [0.1, 0.15) is 18.3 Å². The molecule has 0 aromatic heterocycles. The predicted octanol–water partition coefficient (Wildman–Crippen LogP) is 1.32. The summed E-state index contributed by atoms with van der Waals surface area (Å²) >= 11 is 0. The highest BCUT2D eigenvalue weighted by Crippen LogP contribution is 2.35. The number of ether oxygens (including phenoxy) is 5. The first-order valence-corrected chi connectivity index (χ1v) is 8.15. The van der Waals surface area contributed by atoms with E-state index >= 15 is 0 Å². The molecule has 7 heteroatoms. The second-order valence-corrected chi connectivity index (χ2v) is 5.91. The van der Waals surface area contributed by atoms with Crippen LogP contribution in [0.5, 0.6) is 0 Å². The largest absolute Gasteiger partial charge is 0.454 e. The second kappa shape index (κ2) is 8.07. The van der Waals surface area contributed by atoms with E-state index in [1.807, 2.05) is 30.3 Å². The molecule has 6 atom stereocenters. The highest BCUT2D eigenvalue weighted by molar-refractivity contribution is 5.66. The monoisotopic (exact) mass is 350 g/mol. The van der Waals surface area contributed by atoms with E-state index in [0.717, 1.165) is 5.56 Å². The smallest absolute Gasteiger partial charge is 0.303 e. The Kier molecular flexibility index (Phi) is 5.82. The van der Waals surface area contributed by atoms with Crippen molar-refractivity contribution in [2.24, 2.45) is 0 Å². The van der Waals surface area contributed by atoms with Crippen LogP contribution in [-0.2, 0) is 28.5 Å². The molecule has 0 saturated carbocycles. The molecule has 2 heterocycles. The minimum Gasteiger partial charge on any atom is -0.454 e. The van der Waals surface area contributed by atoms with E-state index < -0.39 is 43.0 Å². The molecule has 0 aliphatic carbocycles. The lowest BCUT2D eigenvalue weighted by atomic mass is 9.97. The summed E-state index contributed by atoms with van der Waals surface area (Å²) in [6.07, 6.45) is -3.32. The maximum Gasteiger partial charge on any atom is 0.303 e. The van der Waals surface area contributed by atoms with E-state index in [1.54, 1.807) is 6.08 Å². The highest BCUT2D eigenvalue weighted by atomic mass is 16.8. The van der Waals surface area contributed by atoms with Crippen LogP contribution in [0.3, 0.4) is 0 Å². The molecule has 7 nitrogen and oxygen atoms in total. The van der Waals surface area contributed by atoms with Crippen LogP contribution in [0.25, 0.3) is 0 Å². The summed E-state index contributed by atoms with van der Waals surface area (Å²) in [5.74, 6) is -0.537. The molecule has 0 amide bonds. The van der Waals surface area contributed by atoms with Crippen molar-refractivity contribution in [3.05, 3.63) is 48.6 Å². The molecule has 2 saturated heterocycles. The third kappa shape index (κ3) is 4.08. The Balaban J connectivity index is 1.75. The minimum atomic E-state index is -1.10. The average Bonchev–Trinajstić information content (AvgIpc) is 2.63. The summed E-state index contributed by atoms with van der Waals surface area (Å²) in [6, 6.07) is 9.40. The summed E-state index contributed by atoms with van der Waals surface area (Å²) in [4.78, 5) is 11.4. The molecule has 1 unspecified atom stereocenters.